The highest BCUT2D eigenvalue weighted by Crippen LogP contribution is 2.42. The van der Waals surface area contributed by atoms with Gasteiger partial charge >= 0.3 is 0 Å². The maximum Gasteiger partial charge on any atom is 0.254 e. The van der Waals surface area contributed by atoms with Gasteiger partial charge in [0.05, 0.1) is 26.0 Å². The minimum atomic E-state index is 0.00716. The molecule has 0 spiro atoms. The van der Waals surface area contributed by atoms with Crippen LogP contribution in [-0.2, 0) is 11.2 Å². The summed E-state index contributed by atoms with van der Waals surface area (Å²) in [7, 11) is 1.64. The Hall–Kier alpha value is -3.06. The molecule has 1 fully saturated rings. The van der Waals surface area contributed by atoms with E-state index in [1.165, 1.54) is 5.56 Å². The lowest BCUT2D eigenvalue weighted by Gasteiger charge is -2.27. The van der Waals surface area contributed by atoms with E-state index in [0.717, 1.165) is 34.3 Å². The second-order valence-electron chi connectivity index (χ2n) is 7.65. The summed E-state index contributed by atoms with van der Waals surface area (Å²) in [5.41, 5.74) is 5.75. The van der Waals surface area contributed by atoms with Crippen molar-refractivity contribution in [3.05, 3.63) is 41.7 Å². The Kier molecular flexibility index (Phi) is 4.39. The van der Waals surface area contributed by atoms with Crippen molar-refractivity contribution < 1.29 is 14.3 Å². The quantitative estimate of drug-likeness (QED) is 0.716. The van der Waals surface area contributed by atoms with Crippen molar-refractivity contribution in [1.82, 2.24) is 14.9 Å². The van der Waals surface area contributed by atoms with Gasteiger partial charge in [-0.2, -0.15) is 0 Å². The maximum atomic E-state index is 12.9. The first-order valence-electron chi connectivity index (χ1n) is 9.96. The third-order valence-corrected chi connectivity index (χ3v) is 5.74. The number of H-pyrrole nitrogens is 1. The van der Waals surface area contributed by atoms with Gasteiger partial charge in [-0.1, -0.05) is 0 Å². The summed E-state index contributed by atoms with van der Waals surface area (Å²) < 4.78 is 11.0. The average Bonchev–Trinajstić information content (AvgIpc) is 3.17. The molecule has 1 atom stereocenters. The minimum absolute atomic E-state index is 0.00716. The van der Waals surface area contributed by atoms with Crippen molar-refractivity contribution >= 4 is 22.6 Å². The summed E-state index contributed by atoms with van der Waals surface area (Å²) >= 11 is 0. The predicted octanol–water partition coefficient (Wildman–Crippen LogP) is 3.07. The van der Waals surface area contributed by atoms with Gasteiger partial charge in [0.15, 0.2) is 0 Å². The van der Waals surface area contributed by atoms with Crippen molar-refractivity contribution in [3.8, 4) is 16.9 Å². The maximum absolute atomic E-state index is 12.9. The van der Waals surface area contributed by atoms with E-state index < -0.39 is 0 Å². The number of aromatic amines is 1. The van der Waals surface area contributed by atoms with Crippen LogP contribution in [0.15, 0.2) is 30.6 Å². The predicted molar refractivity (Wildman–Crippen MR) is 112 cm³/mol. The zero-order valence-electron chi connectivity index (χ0n) is 16.6. The molecular formula is C22H24N4O3. The molecule has 2 aliphatic rings. The van der Waals surface area contributed by atoms with Crippen LogP contribution in [0.1, 0.15) is 22.8 Å². The van der Waals surface area contributed by atoms with Crippen molar-refractivity contribution in [2.75, 3.05) is 38.7 Å². The number of nitrogens with one attached hydrogen (secondary N) is 2. The third-order valence-electron chi connectivity index (χ3n) is 5.74. The Morgan fingerprint density at radius 3 is 2.90 bits per heavy atom. The minimum Gasteiger partial charge on any atom is -0.496 e. The number of hydrogen-bond donors (Lipinski definition) is 2. The molecule has 4 heterocycles. The molecule has 0 saturated carbocycles. The Morgan fingerprint density at radius 1 is 1.28 bits per heavy atom. The normalized spacial score (nSPS) is 18.6. The number of benzene rings is 1. The second kappa shape index (κ2) is 7.08. The molecule has 0 aliphatic carbocycles. The zero-order chi connectivity index (χ0) is 20.0. The Morgan fingerprint density at radius 2 is 2.10 bits per heavy atom. The summed E-state index contributed by atoms with van der Waals surface area (Å²) in [5, 5.41) is 4.75. The monoisotopic (exact) mass is 392 g/mol. The fraction of sp³-hybridized carbons (Fsp3) is 0.364. The highest BCUT2D eigenvalue weighted by atomic mass is 16.5. The highest BCUT2D eigenvalue weighted by molar-refractivity contribution is 6.03. The van der Waals surface area contributed by atoms with Crippen LogP contribution in [0.5, 0.6) is 5.75 Å². The van der Waals surface area contributed by atoms with Crippen molar-refractivity contribution in [3.63, 3.8) is 0 Å². The zero-order valence-corrected chi connectivity index (χ0v) is 16.6. The largest absolute Gasteiger partial charge is 0.496 e. The van der Waals surface area contributed by atoms with Crippen LogP contribution in [0.25, 0.3) is 22.2 Å². The van der Waals surface area contributed by atoms with Gasteiger partial charge in [-0.25, -0.2) is 4.98 Å². The Bertz CT molecular complexity index is 1090. The molecule has 150 valence electrons. The molecule has 3 aromatic rings. The number of amides is 1. The molecule has 1 unspecified atom stereocenters. The molecule has 29 heavy (non-hydrogen) atoms. The van der Waals surface area contributed by atoms with Gasteiger partial charge in [0.2, 0.25) is 0 Å². The van der Waals surface area contributed by atoms with Crippen LogP contribution in [0.2, 0.25) is 0 Å². The number of rotatable bonds is 3. The molecule has 2 aliphatic heterocycles. The van der Waals surface area contributed by atoms with Crippen LogP contribution in [0.4, 0.5) is 5.69 Å². The van der Waals surface area contributed by atoms with Crippen LogP contribution in [0.3, 0.4) is 0 Å². The number of carbonyl (C=O) groups excluding carboxylic acids is 1. The van der Waals surface area contributed by atoms with Gasteiger partial charge in [0.25, 0.3) is 5.91 Å². The van der Waals surface area contributed by atoms with Crippen molar-refractivity contribution in [1.29, 1.82) is 0 Å². The molecular weight excluding hydrogens is 368 g/mol. The summed E-state index contributed by atoms with van der Waals surface area (Å²) in [4.78, 5) is 22.6. The number of ether oxygens (including phenoxy) is 2. The lowest BCUT2D eigenvalue weighted by molar-refractivity contribution is 0.0302. The standard InChI is InChI=1S/C22H24N4O3/c1-13-9-15-11-23-21-19(15)20(25-13)17(12-24-21)16-4-3-14(10-18(16)28-2)22(27)26-5-7-29-8-6-26/h3-4,10-13,25H,5-9H2,1-2H3,(H,23,24). The molecule has 0 radical (unpaired) electrons. The first kappa shape index (κ1) is 18.0. The van der Waals surface area contributed by atoms with Crippen LogP contribution in [0, 0.1) is 0 Å². The Balaban J connectivity index is 1.58. The van der Waals surface area contributed by atoms with Crippen LogP contribution in [-0.4, -0.2) is 60.2 Å². The number of pyridine rings is 1. The van der Waals surface area contributed by atoms with Gasteiger partial charge in [-0.05, 0) is 37.1 Å². The average molecular weight is 392 g/mol. The summed E-state index contributed by atoms with van der Waals surface area (Å²) in [6.07, 6.45) is 4.87. The topological polar surface area (TPSA) is 79.5 Å². The van der Waals surface area contributed by atoms with E-state index >= 15 is 0 Å². The van der Waals surface area contributed by atoms with Crippen LogP contribution < -0.4 is 10.1 Å². The molecule has 1 saturated heterocycles. The smallest absolute Gasteiger partial charge is 0.254 e. The van der Waals surface area contributed by atoms with E-state index in [9.17, 15) is 4.79 Å². The number of nitrogens with zero attached hydrogens (tertiary/aromatic N) is 2. The van der Waals surface area contributed by atoms with Crippen molar-refractivity contribution in [2.45, 2.75) is 19.4 Å². The fourth-order valence-corrected chi connectivity index (χ4v) is 4.30. The van der Waals surface area contributed by atoms with E-state index in [1.807, 2.05) is 35.5 Å². The fourth-order valence-electron chi connectivity index (χ4n) is 4.30. The lowest BCUT2D eigenvalue weighted by atomic mass is 9.95. The number of aromatic nitrogens is 2. The number of anilines is 1. The Labute approximate surface area is 169 Å². The van der Waals surface area contributed by atoms with Gasteiger partial charge in [0, 0.05) is 53.6 Å². The molecule has 7 nitrogen and oxygen atoms in total. The van der Waals surface area contributed by atoms with E-state index in [-0.39, 0.29) is 5.91 Å². The van der Waals surface area contributed by atoms with Gasteiger partial charge in [0.1, 0.15) is 11.4 Å². The number of methoxy groups -OCH3 is 1. The highest BCUT2D eigenvalue weighted by Gasteiger charge is 2.25. The number of morpholine rings is 1. The SMILES string of the molecule is COc1cc(C(=O)N2CCOCC2)ccc1-c1cnc2[nH]cc3c2c1NC(C)C3. The number of carbonyl (C=O) groups is 1. The molecule has 2 aromatic heterocycles. The molecule has 1 amide bonds. The summed E-state index contributed by atoms with van der Waals surface area (Å²) in [6.45, 7) is 4.57. The van der Waals surface area contributed by atoms with E-state index in [2.05, 4.69) is 22.2 Å². The number of hydrogen-bond acceptors (Lipinski definition) is 5. The molecule has 5 rings (SSSR count). The van der Waals surface area contributed by atoms with Gasteiger partial charge < -0.3 is 24.7 Å². The van der Waals surface area contributed by atoms with Gasteiger partial charge in [-0.15, -0.1) is 0 Å². The lowest BCUT2D eigenvalue weighted by Crippen LogP contribution is -2.40. The van der Waals surface area contributed by atoms with E-state index in [0.29, 0.717) is 43.7 Å². The first-order chi connectivity index (χ1) is 14.2. The van der Waals surface area contributed by atoms with Crippen LogP contribution >= 0.6 is 0 Å². The molecule has 7 heteroatoms. The molecule has 0 bridgehead atoms. The van der Waals surface area contributed by atoms with E-state index in [1.54, 1.807) is 7.11 Å². The molecule has 2 N–H and O–H groups in total. The summed E-state index contributed by atoms with van der Waals surface area (Å²) in [6, 6.07) is 5.99. The second-order valence-corrected chi connectivity index (χ2v) is 7.65. The summed E-state index contributed by atoms with van der Waals surface area (Å²) in [5.74, 6) is 0.673. The third kappa shape index (κ3) is 3.02. The van der Waals surface area contributed by atoms with E-state index in [4.69, 9.17) is 9.47 Å². The molecule has 1 aromatic carbocycles. The van der Waals surface area contributed by atoms with Crippen molar-refractivity contribution in [2.24, 2.45) is 0 Å². The first-order valence-corrected chi connectivity index (χ1v) is 9.96. The van der Waals surface area contributed by atoms with Gasteiger partial charge in [-0.3, -0.25) is 4.79 Å².